The fourth-order valence-corrected chi connectivity index (χ4v) is 2.67. The summed E-state index contributed by atoms with van der Waals surface area (Å²) in [4.78, 5) is 17.0. The number of aryl methyl sites for hydroxylation is 1. The Morgan fingerprint density at radius 2 is 1.86 bits per heavy atom. The summed E-state index contributed by atoms with van der Waals surface area (Å²) in [5.74, 6) is 0.955. The van der Waals surface area contributed by atoms with Crippen molar-refractivity contribution in [2.24, 2.45) is 0 Å². The van der Waals surface area contributed by atoms with Gasteiger partial charge in [0.2, 0.25) is 0 Å². The zero-order valence-corrected chi connectivity index (χ0v) is 15.6. The fourth-order valence-electron chi connectivity index (χ4n) is 2.41. The van der Waals surface area contributed by atoms with E-state index < -0.39 is 0 Å². The second kappa shape index (κ2) is 6.75. The zero-order valence-electron chi connectivity index (χ0n) is 12.3. The standard InChI is InChI=1S/C17H15BrN2O.BrH/c1-11-12(2)19-17-15(11)4-3-9-20(17)10-16(21)13-5-7-14(18)8-6-13;/h3-9H,10H2,1-2H3;1H. The summed E-state index contributed by atoms with van der Waals surface area (Å²) in [5.41, 5.74) is 4.01. The van der Waals surface area contributed by atoms with E-state index in [9.17, 15) is 4.79 Å². The molecule has 0 aliphatic carbocycles. The molecular formula is C17H16Br2N2O. The van der Waals surface area contributed by atoms with Crippen molar-refractivity contribution in [3.05, 3.63) is 63.9 Å². The third-order valence-electron chi connectivity index (χ3n) is 3.74. The molecular weight excluding hydrogens is 408 g/mol. The number of pyridine rings is 1. The second-order valence-electron chi connectivity index (χ2n) is 5.13. The van der Waals surface area contributed by atoms with E-state index in [1.54, 1.807) is 0 Å². The summed E-state index contributed by atoms with van der Waals surface area (Å²) in [5, 5.41) is 0. The number of carbonyl (C=O) groups is 1. The second-order valence-corrected chi connectivity index (χ2v) is 6.04. The van der Waals surface area contributed by atoms with Crippen molar-refractivity contribution in [2.75, 3.05) is 0 Å². The fraction of sp³-hybridized carbons (Fsp3) is 0.176. The first kappa shape index (κ1) is 16.9. The Hall–Kier alpha value is -1.46. The number of nitrogens with zero attached hydrogens (tertiary/aromatic N) is 2. The molecule has 0 radical (unpaired) electrons. The number of Topliss-reactive ketones (excluding diaryl/α,β-unsaturated/α-hetero) is 1. The van der Waals surface area contributed by atoms with Crippen LogP contribution in [0.3, 0.4) is 0 Å². The summed E-state index contributed by atoms with van der Waals surface area (Å²) in [7, 11) is 0. The number of hydrogen-bond acceptors (Lipinski definition) is 2. The lowest BCUT2D eigenvalue weighted by Gasteiger charge is -2.11. The molecule has 3 rings (SSSR count). The zero-order chi connectivity index (χ0) is 15.0. The molecule has 0 amide bonds. The van der Waals surface area contributed by atoms with Gasteiger partial charge in [0, 0.05) is 27.5 Å². The Bertz CT molecular complexity index is 778. The van der Waals surface area contributed by atoms with Crippen molar-refractivity contribution in [3.63, 3.8) is 0 Å². The number of rotatable bonds is 3. The van der Waals surface area contributed by atoms with Crippen LogP contribution in [0, 0.1) is 13.8 Å². The molecule has 0 unspecified atom stereocenters. The van der Waals surface area contributed by atoms with E-state index in [1.165, 1.54) is 5.56 Å². The molecule has 0 atom stereocenters. The third-order valence-corrected chi connectivity index (χ3v) is 4.27. The molecule has 0 bridgehead atoms. The molecule has 1 aromatic carbocycles. The van der Waals surface area contributed by atoms with Crippen LogP contribution in [-0.4, -0.2) is 15.3 Å². The SMILES string of the molecule is Br.Cc1nc2n(CC(=O)c3ccc(Br)cc3)cccc-2c1C. The van der Waals surface area contributed by atoms with Crippen molar-refractivity contribution >= 4 is 38.7 Å². The van der Waals surface area contributed by atoms with Gasteiger partial charge in [0.05, 0.1) is 6.54 Å². The first-order valence-electron chi connectivity index (χ1n) is 6.77. The van der Waals surface area contributed by atoms with Gasteiger partial charge in [-0.1, -0.05) is 28.1 Å². The Balaban J connectivity index is 0.00000176. The van der Waals surface area contributed by atoms with Gasteiger partial charge in [-0.2, -0.15) is 0 Å². The number of fused-ring (bicyclic) bond motifs is 1. The lowest BCUT2D eigenvalue weighted by Crippen LogP contribution is -2.12. The minimum atomic E-state index is 0. The van der Waals surface area contributed by atoms with Gasteiger partial charge in [0.25, 0.3) is 0 Å². The number of aromatic nitrogens is 2. The van der Waals surface area contributed by atoms with Crippen molar-refractivity contribution in [3.8, 4) is 11.4 Å². The molecule has 0 N–H and O–H groups in total. The number of carbonyl (C=O) groups excluding carboxylic acids is 1. The molecule has 0 fully saturated rings. The largest absolute Gasteiger partial charge is 0.325 e. The summed E-state index contributed by atoms with van der Waals surface area (Å²) < 4.78 is 2.89. The van der Waals surface area contributed by atoms with Crippen LogP contribution < -0.4 is 0 Å². The predicted octanol–water partition coefficient (Wildman–Crippen LogP) is 4.83. The predicted molar refractivity (Wildman–Crippen MR) is 97.1 cm³/mol. The van der Waals surface area contributed by atoms with Gasteiger partial charge >= 0.3 is 0 Å². The maximum absolute atomic E-state index is 12.4. The van der Waals surface area contributed by atoms with Gasteiger partial charge in [0.15, 0.2) is 5.78 Å². The summed E-state index contributed by atoms with van der Waals surface area (Å²) in [6.07, 6.45) is 1.91. The molecule has 0 aromatic heterocycles. The molecule has 0 saturated heterocycles. The van der Waals surface area contributed by atoms with Gasteiger partial charge in [-0.3, -0.25) is 4.79 Å². The first-order chi connectivity index (χ1) is 10.1. The summed E-state index contributed by atoms with van der Waals surface area (Å²) >= 11 is 3.38. The van der Waals surface area contributed by atoms with Crippen LogP contribution >= 0.6 is 32.9 Å². The maximum Gasteiger partial charge on any atom is 0.182 e. The first-order valence-corrected chi connectivity index (χ1v) is 7.56. The van der Waals surface area contributed by atoms with Crippen LogP contribution in [0.1, 0.15) is 21.6 Å². The lowest BCUT2D eigenvalue weighted by molar-refractivity contribution is 0.0972. The lowest BCUT2D eigenvalue weighted by atomic mass is 10.1. The molecule has 114 valence electrons. The van der Waals surface area contributed by atoms with Crippen molar-refractivity contribution in [2.45, 2.75) is 20.4 Å². The van der Waals surface area contributed by atoms with Gasteiger partial charge < -0.3 is 4.57 Å². The van der Waals surface area contributed by atoms with E-state index in [0.29, 0.717) is 12.1 Å². The number of hydrogen-bond donors (Lipinski definition) is 0. The summed E-state index contributed by atoms with van der Waals surface area (Å²) in [6, 6.07) is 11.4. The minimum Gasteiger partial charge on any atom is -0.325 e. The van der Waals surface area contributed by atoms with Crippen LogP contribution in [0.25, 0.3) is 11.4 Å². The molecule has 5 heteroatoms. The molecule has 2 aliphatic rings. The van der Waals surface area contributed by atoms with Crippen molar-refractivity contribution < 1.29 is 4.79 Å². The topological polar surface area (TPSA) is 34.9 Å². The Morgan fingerprint density at radius 3 is 2.55 bits per heavy atom. The van der Waals surface area contributed by atoms with E-state index in [4.69, 9.17) is 0 Å². The molecule has 0 spiro atoms. The monoisotopic (exact) mass is 422 g/mol. The van der Waals surface area contributed by atoms with Crippen molar-refractivity contribution in [1.82, 2.24) is 9.55 Å². The Kier molecular flexibility index (Phi) is 5.19. The van der Waals surface area contributed by atoms with Crippen LogP contribution in [0.15, 0.2) is 47.1 Å². The van der Waals surface area contributed by atoms with Crippen molar-refractivity contribution in [1.29, 1.82) is 0 Å². The smallest absolute Gasteiger partial charge is 0.182 e. The highest BCUT2D eigenvalue weighted by molar-refractivity contribution is 9.10. The van der Waals surface area contributed by atoms with E-state index in [-0.39, 0.29) is 22.8 Å². The molecule has 22 heavy (non-hydrogen) atoms. The molecule has 2 heterocycles. The maximum atomic E-state index is 12.4. The van der Waals surface area contributed by atoms with Gasteiger partial charge in [-0.25, -0.2) is 4.98 Å². The quantitative estimate of drug-likeness (QED) is 0.565. The number of ketones is 1. The number of benzene rings is 1. The van der Waals surface area contributed by atoms with E-state index in [0.717, 1.165) is 21.6 Å². The third kappa shape index (κ3) is 3.15. The number of halogens is 2. The Morgan fingerprint density at radius 1 is 1.18 bits per heavy atom. The van der Waals surface area contributed by atoms with Gasteiger partial charge in [-0.05, 0) is 43.7 Å². The van der Waals surface area contributed by atoms with E-state index in [2.05, 4.69) is 27.8 Å². The van der Waals surface area contributed by atoms with E-state index >= 15 is 0 Å². The molecule has 3 nitrogen and oxygen atoms in total. The highest BCUT2D eigenvalue weighted by Crippen LogP contribution is 2.27. The average Bonchev–Trinajstić information content (AvgIpc) is 2.77. The van der Waals surface area contributed by atoms with Crippen LogP contribution in [0.4, 0.5) is 0 Å². The molecule has 0 saturated carbocycles. The van der Waals surface area contributed by atoms with E-state index in [1.807, 2.05) is 54.1 Å². The summed E-state index contributed by atoms with van der Waals surface area (Å²) in [6.45, 7) is 4.36. The van der Waals surface area contributed by atoms with Gasteiger partial charge in [-0.15, -0.1) is 17.0 Å². The highest BCUT2D eigenvalue weighted by atomic mass is 79.9. The normalized spacial score (nSPS) is 10.5. The average molecular weight is 424 g/mol. The van der Waals surface area contributed by atoms with Crippen LogP contribution in [0.5, 0.6) is 0 Å². The minimum absolute atomic E-state index is 0. The van der Waals surface area contributed by atoms with Crippen LogP contribution in [0.2, 0.25) is 0 Å². The highest BCUT2D eigenvalue weighted by Gasteiger charge is 2.16. The Labute approximate surface area is 148 Å². The molecule has 1 aromatic rings. The van der Waals surface area contributed by atoms with Gasteiger partial charge in [0.1, 0.15) is 5.82 Å². The molecule has 2 aliphatic heterocycles. The van der Waals surface area contributed by atoms with Crippen LogP contribution in [-0.2, 0) is 6.54 Å².